The molecule has 0 saturated carbocycles. The fraction of sp³-hybridized carbons (Fsp3) is 0.200. The van der Waals surface area contributed by atoms with Crippen LogP contribution in [0.1, 0.15) is 5.56 Å². The molecule has 1 atom stereocenters. The molecule has 2 aromatic rings. The zero-order valence-electron chi connectivity index (χ0n) is 10.5. The molecule has 5 heteroatoms. The lowest BCUT2D eigenvalue weighted by atomic mass is 10.1. The van der Waals surface area contributed by atoms with Gasteiger partial charge in [-0.2, -0.15) is 0 Å². The minimum atomic E-state index is -0.534. The molecule has 0 aliphatic heterocycles. The largest absolute Gasteiger partial charge is 0.392 e. The standard InChI is InChI=1S/C15H13Cl3OS/c16-12-5-3-6-13(17)11(12)8-10(19)9-20-15-7-2-1-4-14(15)18/h1-7,10,19H,8-9H2. The molecule has 0 spiro atoms. The van der Waals surface area contributed by atoms with Gasteiger partial charge in [0.2, 0.25) is 0 Å². The minimum absolute atomic E-state index is 0.427. The van der Waals surface area contributed by atoms with Crippen molar-refractivity contribution in [2.75, 3.05) is 5.75 Å². The smallest absolute Gasteiger partial charge is 0.0675 e. The number of hydrogen-bond acceptors (Lipinski definition) is 2. The summed E-state index contributed by atoms with van der Waals surface area (Å²) in [6.07, 6.45) is -0.107. The fourth-order valence-electron chi connectivity index (χ4n) is 1.77. The normalized spacial score (nSPS) is 12.4. The zero-order chi connectivity index (χ0) is 14.5. The van der Waals surface area contributed by atoms with Crippen molar-refractivity contribution in [3.8, 4) is 0 Å². The van der Waals surface area contributed by atoms with Gasteiger partial charge in [-0.25, -0.2) is 0 Å². The van der Waals surface area contributed by atoms with Crippen LogP contribution in [0.5, 0.6) is 0 Å². The van der Waals surface area contributed by atoms with Crippen molar-refractivity contribution in [3.63, 3.8) is 0 Å². The van der Waals surface area contributed by atoms with Crippen LogP contribution < -0.4 is 0 Å². The van der Waals surface area contributed by atoms with E-state index in [0.29, 0.717) is 27.2 Å². The van der Waals surface area contributed by atoms with Gasteiger partial charge in [-0.05, 0) is 29.8 Å². The SMILES string of the molecule is OC(CSc1ccccc1Cl)Cc1c(Cl)cccc1Cl. The first-order valence-corrected chi connectivity index (χ1v) is 8.18. The molecule has 0 aliphatic rings. The van der Waals surface area contributed by atoms with Gasteiger partial charge in [-0.1, -0.05) is 53.0 Å². The summed E-state index contributed by atoms with van der Waals surface area (Å²) in [5, 5.41) is 12.0. The van der Waals surface area contributed by atoms with Crippen LogP contribution >= 0.6 is 46.6 Å². The molecule has 106 valence electrons. The Bertz CT molecular complexity index is 569. The Hall–Kier alpha value is -0.380. The predicted molar refractivity (Wildman–Crippen MR) is 88.3 cm³/mol. The highest BCUT2D eigenvalue weighted by atomic mass is 35.5. The van der Waals surface area contributed by atoms with Gasteiger partial charge in [-0.3, -0.25) is 0 Å². The molecular weight excluding hydrogens is 335 g/mol. The Labute approximate surface area is 137 Å². The Morgan fingerprint density at radius 1 is 0.900 bits per heavy atom. The van der Waals surface area contributed by atoms with Crippen molar-refractivity contribution < 1.29 is 5.11 Å². The Kier molecular flexibility index (Phi) is 6.06. The summed E-state index contributed by atoms with van der Waals surface area (Å²) >= 11 is 19.8. The average Bonchev–Trinajstić information content (AvgIpc) is 2.42. The van der Waals surface area contributed by atoms with Gasteiger partial charge in [-0.15, -0.1) is 11.8 Å². The summed E-state index contributed by atoms with van der Waals surface area (Å²) in [6, 6.07) is 12.9. The van der Waals surface area contributed by atoms with Crippen LogP contribution in [0, 0.1) is 0 Å². The number of thioether (sulfide) groups is 1. The maximum Gasteiger partial charge on any atom is 0.0675 e. The molecule has 0 aliphatic carbocycles. The van der Waals surface area contributed by atoms with Crippen molar-refractivity contribution in [1.82, 2.24) is 0 Å². The number of aliphatic hydroxyl groups is 1. The quantitative estimate of drug-likeness (QED) is 0.736. The predicted octanol–water partition coefficient (Wildman–Crippen LogP) is 5.34. The van der Waals surface area contributed by atoms with Crippen molar-refractivity contribution in [2.24, 2.45) is 0 Å². The highest BCUT2D eigenvalue weighted by molar-refractivity contribution is 7.99. The Morgan fingerprint density at radius 2 is 1.50 bits per heavy atom. The third-order valence-corrected chi connectivity index (χ3v) is 5.14. The molecule has 0 saturated heterocycles. The molecule has 2 aromatic carbocycles. The van der Waals surface area contributed by atoms with E-state index in [-0.39, 0.29) is 0 Å². The van der Waals surface area contributed by atoms with E-state index >= 15 is 0 Å². The first-order chi connectivity index (χ1) is 9.58. The molecule has 1 N–H and O–H groups in total. The first kappa shape index (κ1) is 16.0. The topological polar surface area (TPSA) is 20.2 Å². The second kappa shape index (κ2) is 7.58. The highest BCUT2D eigenvalue weighted by Gasteiger charge is 2.12. The molecule has 0 fully saturated rings. The number of hydrogen-bond donors (Lipinski definition) is 1. The molecule has 1 unspecified atom stereocenters. The van der Waals surface area contributed by atoms with Gasteiger partial charge in [0.15, 0.2) is 0 Å². The maximum absolute atomic E-state index is 10.1. The summed E-state index contributed by atoms with van der Waals surface area (Å²) in [5.74, 6) is 0.533. The van der Waals surface area contributed by atoms with Crippen molar-refractivity contribution in [1.29, 1.82) is 0 Å². The Balaban J connectivity index is 1.96. The van der Waals surface area contributed by atoms with Crippen LogP contribution in [0.4, 0.5) is 0 Å². The molecule has 0 radical (unpaired) electrons. The molecule has 2 rings (SSSR count). The van der Waals surface area contributed by atoms with Crippen LogP contribution in [-0.2, 0) is 6.42 Å². The van der Waals surface area contributed by atoms with Gasteiger partial charge in [0.1, 0.15) is 0 Å². The van der Waals surface area contributed by atoms with Crippen LogP contribution in [0.15, 0.2) is 47.4 Å². The van der Waals surface area contributed by atoms with E-state index < -0.39 is 6.10 Å². The van der Waals surface area contributed by atoms with Gasteiger partial charge in [0.25, 0.3) is 0 Å². The lowest BCUT2D eigenvalue weighted by Gasteiger charge is -2.13. The van der Waals surface area contributed by atoms with Crippen LogP contribution in [0.3, 0.4) is 0 Å². The van der Waals surface area contributed by atoms with Crippen molar-refractivity contribution in [3.05, 3.63) is 63.1 Å². The molecule has 0 aromatic heterocycles. The van der Waals surface area contributed by atoms with Gasteiger partial charge >= 0.3 is 0 Å². The molecule has 0 bridgehead atoms. The maximum atomic E-state index is 10.1. The molecule has 0 heterocycles. The van der Waals surface area contributed by atoms with E-state index in [2.05, 4.69) is 0 Å². The number of benzene rings is 2. The second-order valence-electron chi connectivity index (χ2n) is 4.30. The molecule has 1 nitrogen and oxygen atoms in total. The summed E-state index contributed by atoms with van der Waals surface area (Å²) in [7, 11) is 0. The first-order valence-electron chi connectivity index (χ1n) is 6.06. The minimum Gasteiger partial charge on any atom is -0.392 e. The summed E-state index contributed by atoms with van der Waals surface area (Å²) in [6.45, 7) is 0. The zero-order valence-corrected chi connectivity index (χ0v) is 13.6. The van der Waals surface area contributed by atoms with E-state index in [1.54, 1.807) is 18.2 Å². The number of rotatable bonds is 5. The lowest BCUT2D eigenvalue weighted by molar-refractivity contribution is 0.200. The van der Waals surface area contributed by atoms with Gasteiger partial charge in [0, 0.05) is 27.1 Å². The summed E-state index contributed by atoms with van der Waals surface area (Å²) < 4.78 is 0. The van der Waals surface area contributed by atoms with E-state index in [9.17, 15) is 5.11 Å². The van der Waals surface area contributed by atoms with E-state index in [4.69, 9.17) is 34.8 Å². The summed E-state index contributed by atoms with van der Waals surface area (Å²) in [4.78, 5) is 0.957. The van der Waals surface area contributed by atoms with E-state index in [0.717, 1.165) is 10.5 Å². The number of aliphatic hydroxyl groups excluding tert-OH is 1. The molecule has 0 amide bonds. The lowest BCUT2D eigenvalue weighted by Crippen LogP contribution is -2.14. The fourth-order valence-corrected chi connectivity index (χ4v) is 3.49. The van der Waals surface area contributed by atoms with Crippen molar-refractivity contribution >= 4 is 46.6 Å². The highest BCUT2D eigenvalue weighted by Crippen LogP contribution is 2.29. The average molecular weight is 348 g/mol. The number of halogens is 3. The Morgan fingerprint density at radius 3 is 2.15 bits per heavy atom. The van der Waals surface area contributed by atoms with Crippen LogP contribution in [0.2, 0.25) is 15.1 Å². The van der Waals surface area contributed by atoms with E-state index in [1.807, 2.05) is 24.3 Å². The van der Waals surface area contributed by atoms with Gasteiger partial charge in [0.05, 0.1) is 11.1 Å². The van der Waals surface area contributed by atoms with Crippen LogP contribution in [-0.4, -0.2) is 17.0 Å². The molecule has 20 heavy (non-hydrogen) atoms. The summed E-state index contributed by atoms with van der Waals surface area (Å²) in [5.41, 5.74) is 0.781. The van der Waals surface area contributed by atoms with Crippen LogP contribution in [0.25, 0.3) is 0 Å². The monoisotopic (exact) mass is 346 g/mol. The molecular formula is C15H13Cl3OS. The van der Waals surface area contributed by atoms with Gasteiger partial charge < -0.3 is 5.11 Å². The van der Waals surface area contributed by atoms with Crippen molar-refractivity contribution in [2.45, 2.75) is 17.4 Å². The third-order valence-electron chi connectivity index (χ3n) is 2.77. The second-order valence-corrected chi connectivity index (χ2v) is 6.58. The third kappa shape index (κ3) is 4.31. The van der Waals surface area contributed by atoms with E-state index in [1.165, 1.54) is 11.8 Å².